The maximum absolute atomic E-state index is 5.82. The number of benzene rings is 1. The summed E-state index contributed by atoms with van der Waals surface area (Å²) in [6.07, 6.45) is 1.29. The Morgan fingerprint density at radius 3 is 2.72 bits per heavy atom. The summed E-state index contributed by atoms with van der Waals surface area (Å²) < 4.78 is 5.82. The van der Waals surface area contributed by atoms with Gasteiger partial charge < -0.3 is 10.1 Å². The third-order valence-electron chi connectivity index (χ3n) is 3.88. The SMILES string of the molecule is CC(C)NC[C@@]1(C)C[C@H]1COCc1ccccc1. The van der Waals surface area contributed by atoms with E-state index in [-0.39, 0.29) is 0 Å². The molecule has 0 bridgehead atoms. The second-order valence-electron chi connectivity index (χ2n) is 6.09. The lowest BCUT2D eigenvalue weighted by atomic mass is 10.1. The summed E-state index contributed by atoms with van der Waals surface area (Å²) in [5.41, 5.74) is 1.72. The summed E-state index contributed by atoms with van der Waals surface area (Å²) in [6, 6.07) is 11.0. The number of rotatable bonds is 7. The molecule has 0 aliphatic heterocycles. The van der Waals surface area contributed by atoms with E-state index in [1.54, 1.807) is 0 Å². The van der Waals surface area contributed by atoms with E-state index < -0.39 is 0 Å². The molecule has 1 aromatic carbocycles. The zero-order valence-corrected chi connectivity index (χ0v) is 11.8. The molecular formula is C16H25NO. The van der Waals surface area contributed by atoms with Gasteiger partial charge in [-0.25, -0.2) is 0 Å². The van der Waals surface area contributed by atoms with Crippen molar-refractivity contribution in [2.24, 2.45) is 11.3 Å². The van der Waals surface area contributed by atoms with Crippen LogP contribution in [-0.2, 0) is 11.3 Å². The summed E-state index contributed by atoms with van der Waals surface area (Å²) in [4.78, 5) is 0. The van der Waals surface area contributed by atoms with Gasteiger partial charge in [-0.05, 0) is 23.3 Å². The lowest BCUT2D eigenvalue weighted by Gasteiger charge is -2.15. The molecular weight excluding hydrogens is 222 g/mol. The van der Waals surface area contributed by atoms with Gasteiger partial charge in [-0.2, -0.15) is 0 Å². The molecule has 0 spiro atoms. The minimum Gasteiger partial charge on any atom is -0.376 e. The van der Waals surface area contributed by atoms with E-state index in [2.05, 4.69) is 50.4 Å². The highest BCUT2D eigenvalue weighted by Crippen LogP contribution is 2.51. The highest BCUT2D eigenvalue weighted by atomic mass is 16.5. The van der Waals surface area contributed by atoms with Gasteiger partial charge in [-0.15, -0.1) is 0 Å². The van der Waals surface area contributed by atoms with Crippen molar-refractivity contribution < 1.29 is 4.74 Å². The Morgan fingerprint density at radius 1 is 1.33 bits per heavy atom. The first-order valence-electron chi connectivity index (χ1n) is 6.95. The third-order valence-corrected chi connectivity index (χ3v) is 3.88. The van der Waals surface area contributed by atoms with Crippen LogP contribution in [-0.4, -0.2) is 19.2 Å². The fraction of sp³-hybridized carbons (Fsp3) is 0.625. The van der Waals surface area contributed by atoms with Crippen LogP contribution < -0.4 is 5.32 Å². The van der Waals surface area contributed by atoms with Crippen molar-refractivity contribution in [3.8, 4) is 0 Å². The van der Waals surface area contributed by atoms with Crippen molar-refractivity contribution in [1.29, 1.82) is 0 Å². The Hall–Kier alpha value is -0.860. The first-order chi connectivity index (χ1) is 8.60. The molecule has 2 heteroatoms. The molecule has 0 saturated heterocycles. The molecule has 1 saturated carbocycles. The van der Waals surface area contributed by atoms with Crippen molar-refractivity contribution in [3.63, 3.8) is 0 Å². The fourth-order valence-corrected chi connectivity index (χ4v) is 2.31. The summed E-state index contributed by atoms with van der Waals surface area (Å²) in [5, 5.41) is 3.53. The molecule has 100 valence electrons. The van der Waals surface area contributed by atoms with Crippen molar-refractivity contribution in [1.82, 2.24) is 5.32 Å². The van der Waals surface area contributed by atoms with Gasteiger partial charge in [0.25, 0.3) is 0 Å². The molecule has 0 unspecified atom stereocenters. The van der Waals surface area contributed by atoms with Gasteiger partial charge in [0.15, 0.2) is 0 Å². The molecule has 0 aromatic heterocycles. The van der Waals surface area contributed by atoms with Crippen LogP contribution in [0.15, 0.2) is 30.3 Å². The summed E-state index contributed by atoms with van der Waals surface area (Å²) in [5.74, 6) is 0.729. The Bertz CT molecular complexity index is 363. The predicted octanol–water partition coefficient (Wildman–Crippen LogP) is 3.23. The van der Waals surface area contributed by atoms with Gasteiger partial charge in [-0.3, -0.25) is 0 Å². The summed E-state index contributed by atoms with van der Waals surface area (Å²) in [6.45, 7) is 9.51. The van der Waals surface area contributed by atoms with Crippen LogP contribution in [0.1, 0.15) is 32.8 Å². The van der Waals surface area contributed by atoms with Crippen LogP contribution in [0.5, 0.6) is 0 Å². The minimum absolute atomic E-state index is 0.459. The maximum Gasteiger partial charge on any atom is 0.0717 e. The van der Waals surface area contributed by atoms with E-state index >= 15 is 0 Å². The molecule has 1 fully saturated rings. The van der Waals surface area contributed by atoms with Crippen LogP contribution in [0.25, 0.3) is 0 Å². The second-order valence-corrected chi connectivity index (χ2v) is 6.09. The van der Waals surface area contributed by atoms with Gasteiger partial charge in [0.05, 0.1) is 13.2 Å². The Kier molecular flexibility index (Phi) is 4.41. The second kappa shape index (κ2) is 5.85. The Morgan fingerprint density at radius 2 is 2.06 bits per heavy atom. The molecule has 0 radical (unpaired) electrons. The lowest BCUT2D eigenvalue weighted by molar-refractivity contribution is 0.102. The van der Waals surface area contributed by atoms with Crippen LogP contribution in [0, 0.1) is 11.3 Å². The summed E-state index contributed by atoms with van der Waals surface area (Å²) in [7, 11) is 0. The van der Waals surface area contributed by atoms with Crippen molar-refractivity contribution in [2.45, 2.75) is 39.8 Å². The summed E-state index contributed by atoms with van der Waals surface area (Å²) >= 11 is 0. The molecule has 2 rings (SSSR count). The van der Waals surface area contributed by atoms with Gasteiger partial charge in [0, 0.05) is 12.6 Å². The van der Waals surface area contributed by atoms with Gasteiger partial charge in [0.1, 0.15) is 0 Å². The molecule has 1 aliphatic carbocycles. The first kappa shape index (κ1) is 13.6. The zero-order chi connectivity index (χ0) is 13.0. The largest absolute Gasteiger partial charge is 0.376 e. The van der Waals surface area contributed by atoms with Gasteiger partial charge >= 0.3 is 0 Å². The number of nitrogens with one attached hydrogen (secondary N) is 1. The van der Waals surface area contributed by atoms with E-state index in [4.69, 9.17) is 4.74 Å². The monoisotopic (exact) mass is 247 g/mol. The van der Waals surface area contributed by atoms with Crippen LogP contribution in [0.3, 0.4) is 0 Å². The van der Waals surface area contributed by atoms with Crippen molar-refractivity contribution in [2.75, 3.05) is 13.2 Å². The normalized spacial score (nSPS) is 26.6. The number of ether oxygens (including phenoxy) is 1. The molecule has 18 heavy (non-hydrogen) atoms. The Labute approximate surface area is 111 Å². The average Bonchev–Trinajstić information content (AvgIpc) is 3.00. The molecule has 1 aromatic rings. The van der Waals surface area contributed by atoms with Gasteiger partial charge in [0.2, 0.25) is 0 Å². The molecule has 1 aliphatic rings. The smallest absolute Gasteiger partial charge is 0.0717 e. The zero-order valence-electron chi connectivity index (χ0n) is 11.8. The Balaban J connectivity index is 1.64. The third kappa shape index (κ3) is 3.82. The lowest BCUT2D eigenvalue weighted by Crippen LogP contribution is -2.29. The number of hydrogen-bond donors (Lipinski definition) is 1. The molecule has 1 N–H and O–H groups in total. The quantitative estimate of drug-likeness (QED) is 0.798. The average molecular weight is 247 g/mol. The number of hydrogen-bond acceptors (Lipinski definition) is 2. The van der Waals surface area contributed by atoms with E-state index in [9.17, 15) is 0 Å². The first-order valence-corrected chi connectivity index (χ1v) is 6.95. The highest BCUT2D eigenvalue weighted by molar-refractivity contribution is 5.13. The maximum atomic E-state index is 5.82. The fourth-order valence-electron chi connectivity index (χ4n) is 2.31. The standard InChI is InChI=1S/C16H25NO/c1-13(2)17-12-16(3)9-15(16)11-18-10-14-7-5-4-6-8-14/h4-8,13,15,17H,9-12H2,1-3H3/t15-,16+/m0/s1. The molecule has 0 amide bonds. The van der Waals surface area contributed by atoms with Crippen LogP contribution in [0.2, 0.25) is 0 Å². The van der Waals surface area contributed by atoms with E-state index in [0.717, 1.165) is 25.7 Å². The predicted molar refractivity (Wildman–Crippen MR) is 75.5 cm³/mol. The van der Waals surface area contributed by atoms with E-state index in [1.165, 1.54) is 12.0 Å². The van der Waals surface area contributed by atoms with Gasteiger partial charge in [-0.1, -0.05) is 51.1 Å². The van der Waals surface area contributed by atoms with Crippen molar-refractivity contribution in [3.05, 3.63) is 35.9 Å². The van der Waals surface area contributed by atoms with E-state index in [0.29, 0.717) is 11.5 Å². The molecule has 2 nitrogen and oxygen atoms in total. The molecule has 0 heterocycles. The minimum atomic E-state index is 0.459. The topological polar surface area (TPSA) is 21.3 Å². The van der Waals surface area contributed by atoms with Crippen LogP contribution >= 0.6 is 0 Å². The highest BCUT2D eigenvalue weighted by Gasteiger charge is 2.49. The van der Waals surface area contributed by atoms with E-state index in [1.807, 2.05) is 6.07 Å². The van der Waals surface area contributed by atoms with Crippen LogP contribution in [0.4, 0.5) is 0 Å². The molecule has 2 atom stereocenters. The van der Waals surface area contributed by atoms with Crippen molar-refractivity contribution >= 4 is 0 Å².